The van der Waals surface area contributed by atoms with Crippen molar-refractivity contribution in [2.45, 2.75) is 52.4 Å². The Labute approximate surface area is 139 Å². The van der Waals surface area contributed by atoms with Gasteiger partial charge in [0.15, 0.2) is 0 Å². The predicted molar refractivity (Wildman–Crippen MR) is 91.6 cm³/mol. The third-order valence-corrected chi connectivity index (χ3v) is 4.80. The monoisotopic (exact) mass is 322 g/mol. The van der Waals surface area contributed by atoms with Crippen molar-refractivity contribution in [1.82, 2.24) is 15.1 Å². The van der Waals surface area contributed by atoms with E-state index in [-0.39, 0.29) is 11.4 Å². The van der Waals surface area contributed by atoms with Gasteiger partial charge in [-0.3, -0.25) is 10.00 Å². The van der Waals surface area contributed by atoms with Gasteiger partial charge in [-0.25, -0.2) is 4.79 Å². The maximum atomic E-state index is 12.2. The van der Waals surface area contributed by atoms with Crippen LogP contribution in [-0.4, -0.2) is 35.6 Å². The first-order chi connectivity index (χ1) is 11.1. The number of carbonyl (C=O) groups is 1. The summed E-state index contributed by atoms with van der Waals surface area (Å²) in [6.45, 7) is 6.32. The van der Waals surface area contributed by atoms with Gasteiger partial charge in [0.2, 0.25) is 0 Å². The van der Waals surface area contributed by atoms with E-state index in [0.717, 1.165) is 37.6 Å². The minimum Gasteiger partial charge on any atom is -0.382 e. The first-order valence-corrected chi connectivity index (χ1v) is 8.74. The quantitative estimate of drug-likeness (QED) is 0.723. The number of anilines is 1. The molecule has 0 unspecified atom stereocenters. The Balaban J connectivity index is 1.85. The first kappa shape index (κ1) is 17.8. The number of aromatic nitrogens is 2. The van der Waals surface area contributed by atoms with Gasteiger partial charge >= 0.3 is 6.03 Å². The minimum atomic E-state index is -0.154. The summed E-state index contributed by atoms with van der Waals surface area (Å²) in [5.74, 6) is 0.731. The number of hydrogen-bond acceptors (Lipinski definition) is 3. The molecular weight excluding hydrogens is 292 g/mol. The lowest BCUT2D eigenvalue weighted by atomic mass is 9.83. The molecule has 0 bridgehead atoms. The zero-order chi connectivity index (χ0) is 16.7. The van der Waals surface area contributed by atoms with Gasteiger partial charge in [-0.05, 0) is 38.0 Å². The topological polar surface area (TPSA) is 68.2 Å². The molecule has 2 amide bonds. The van der Waals surface area contributed by atoms with E-state index >= 15 is 0 Å². The van der Waals surface area contributed by atoms with Crippen LogP contribution in [0.25, 0.3) is 0 Å². The Morgan fingerprint density at radius 1 is 1.39 bits per heavy atom. The van der Waals surface area contributed by atoms with Crippen molar-refractivity contribution < 1.29 is 9.53 Å². The van der Waals surface area contributed by atoms with Crippen molar-refractivity contribution in [2.24, 2.45) is 12.5 Å². The molecule has 2 rings (SSSR count). The van der Waals surface area contributed by atoms with Crippen LogP contribution >= 0.6 is 0 Å². The van der Waals surface area contributed by atoms with Gasteiger partial charge in [0, 0.05) is 32.9 Å². The number of aryl methyl sites for hydroxylation is 2. The summed E-state index contributed by atoms with van der Waals surface area (Å²) in [4.78, 5) is 12.2. The van der Waals surface area contributed by atoms with E-state index in [0.29, 0.717) is 6.54 Å². The highest BCUT2D eigenvalue weighted by Crippen LogP contribution is 2.40. The molecule has 1 aromatic rings. The van der Waals surface area contributed by atoms with Crippen LogP contribution in [0.3, 0.4) is 0 Å². The fourth-order valence-corrected chi connectivity index (χ4v) is 3.32. The van der Waals surface area contributed by atoms with Gasteiger partial charge in [-0.15, -0.1) is 0 Å². The third kappa shape index (κ3) is 4.96. The summed E-state index contributed by atoms with van der Waals surface area (Å²) in [6.07, 6.45) is 6.72. The molecule has 1 aromatic heterocycles. The molecular formula is C17H30N4O2. The molecule has 0 saturated heterocycles. The molecule has 23 heavy (non-hydrogen) atoms. The number of nitrogens with zero attached hydrogens (tertiary/aromatic N) is 2. The Morgan fingerprint density at radius 2 is 2.13 bits per heavy atom. The number of urea groups is 1. The number of rotatable bonds is 8. The number of ether oxygens (including phenoxy) is 1. The van der Waals surface area contributed by atoms with E-state index in [1.54, 1.807) is 4.68 Å². The molecule has 6 nitrogen and oxygen atoms in total. The van der Waals surface area contributed by atoms with Gasteiger partial charge in [-0.2, -0.15) is 5.10 Å². The standard InChI is InChI=1S/C17H30N4O2/c1-4-14-12-15(21(3)20-14)19-16(22)18-13-17(8-6-7-9-17)10-11-23-5-2/h12H,4-11,13H2,1-3H3,(H2,18,19,22). The molecule has 0 spiro atoms. The maximum Gasteiger partial charge on any atom is 0.320 e. The Bertz CT molecular complexity index is 507. The van der Waals surface area contributed by atoms with Crippen LogP contribution in [0.1, 0.15) is 51.6 Å². The highest BCUT2D eigenvalue weighted by atomic mass is 16.5. The molecule has 1 heterocycles. The molecule has 1 fully saturated rings. The van der Waals surface area contributed by atoms with Crippen LogP contribution in [0.2, 0.25) is 0 Å². The lowest BCUT2D eigenvalue weighted by molar-refractivity contribution is 0.104. The number of amides is 2. The lowest BCUT2D eigenvalue weighted by Gasteiger charge is -2.29. The molecule has 1 aliphatic carbocycles. The Morgan fingerprint density at radius 3 is 2.74 bits per heavy atom. The van der Waals surface area contributed by atoms with E-state index in [1.165, 1.54) is 25.7 Å². The second-order valence-corrected chi connectivity index (χ2v) is 6.46. The maximum absolute atomic E-state index is 12.2. The smallest absolute Gasteiger partial charge is 0.320 e. The van der Waals surface area contributed by atoms with Crippen LogP contribution in [0.15, 0.2) is 6.07 Å². The van der Waals surface area contributed by atoms with E-state index < -0.39 is 0 Å². The highest BCUT2D eigenvalue weighted by Gasteiger charge is 2.33. The average Bonchev–Trinajstić information content (AvgIpc) is 3.14. The molecule has 0 radical (unpaired) electrons. The lowest BCUT2D eigenvalue weighted by Crippen LogP contribution is -2.39. The Hall–Kier alpha value is -1.56. The summed E-state index contributed by atoms with van der Waals surface area (Å²) in [7, 11) is 1.84. The van der Waals surface area contributed by atoms with Crippen molar-refractivity contribution in [1.29, 1.82) is 0 Å². The first-order valence-electron chi connectivity index (χ1n) is 8.74. The molecule has 1 aliphatic rings. The molecule has 1 saturated carbocycles. The number of hydrogen-bond donors (Lipinski definition) is 2. The van der Waals surface area contributed by atoms with Gasteiger partial charge in [0.05, 0.1) is 5.69 Å². The van der Waals surface area contributed by atoms with Crippen molar-refractivity contribution >= 4 is 11.8 Å². The zero-order valence-corrected chi connectivity index (χ0v) is 14.7. The number of nitrogens with one attached hydrogen (secondary N) is 2. The molecule has 130 valence electrons. The summed E-state index contributed by atoms with van der Waals surface area (Å²) in [5, 5.41) is 10.3. The zero-order valence-electron chi connectivity index (χ0n) is 14.7. The van der Waals surface area contributed by atoms with Crippen molar-refractivity contribution in [3.8, 4) is 0 Å². The average molecular weight is 322 g/mol. The van der Waals surface area contributed by atoms with Crippen LogP contribution in [-0.2, 0) is 18.2 Å². The van der Waals surface area contributed by atoms with Crippen molar-refractivity contribution in [3.63, 3.8) is 0 Å². The van der Waals surface area contributed by atoms with Crippen LogP contribution in [0, 0.1) is 5.41 Å². The molecule has 0 atom stereocenters. The van der Waals surface area contributed by atoms with Crippen molar-refractivity contribution in [2.75, 3.05) is 25.1 Å². The van der Waals surface area contributed by atoms with Gasteiger partial charge < -0.3 is 10.1 Å². The van der Waals surface area contributed by atoms with Crippen molar-refractivity contribution in [3.05, 3.63) is 11.8 Å². The highest BCUT2D eigenvalue weighted by molar-refractivity contribution is 5.88. The Kier molecular flexibility index (Phi) is 6.45. The predicted octanol–water partition coefficient (Wildman–Crippen LogP) is 3.09. The summed E-state index contributed by atoms with van der Waals surface area (Å²) >= 11 is 0. The van der Waals surface area contributed by atoms with Crippen LogP contribution in [0.5, 0.6) is 0 Å². The number of carbonyl (C=O) groups excluding carboxylic acids is 1. The minimum absolute atomic E-state index is 0.154. The second kappa shape index (κ2) is 8.34. The molecule has 0 aliphatic heterocycles. The summed E-state index contributed by atoms with van der Waals surface area (Å²) in [6, 6.07) is 1.76. The molecule has 2 N–H and O–H groups in total. The third-order valence-electron chi connectivity index (χ3n) is 4.80. The van der Waals surface area contributed by atoms with Gasteiger partial charge in [0.1, 0.15) is 5.82 Å². The van der Waals surface area contributed by atoms with E-state index in [4.69, 9.17) is 4.74 Å². The summed E-state index contributed by atoms with van der Waals surface area (Å²) < 4.78 is 7.22. The van der Waals surface area contributed by atoms with E-state index in [2.05, 4.69) is 22.7 Å². The van der Waals surface area contributed by atoms with Gasteiger partial charge in [0.25, 0.3) is 0 Å². The van der Waals surface area contributed by atoms with Gasteiger partial charge in [-0.1, -0.05) is 19.8 Å². The molecule has 6 heteroatoms. The second-order valence-electron chi connectivity index (χ2n) is 6.46. The van der Waals surface area contributed by atoms with E-state index in [9.17, 15) is 4.79 Å². The fraction of sp³-hybridized carbons (Fsp3) is 0.765. The normalized spacial score (nSPS) is 16.5. The largest absolute Gasteiger partial charge is 0.382 e. The van der Waals surface area contributed by atoms with E-state index in [1.807, 2.05) is 20.0 Å². The SMILES string of the molecule is CCOCCC1(CNC(=O)Nc2cc(CC)nn2C)CCCC1. The summed E-state index contributed by atoms with van der Waals surface area (Å²) in [5.41, 5.74) is 1.18. The van der Waals surface area contributed by atoms with Crippen LogP contribution in [0.4, 0.5) is 10.6 Å². The molecule has 0 aromatic carbocycles. The van der Waals surface area contributed by atoms with Crippen LogP contribution < -0.4 is 10.6 Å². The fourth-order valence-electron chi connectivity index (χ4n) is 3.32.